The van der Waals surface area contributed by atoms with Crippen LogP contribution in [-0.2, 0) is 19.6 Å². The second kappa shape index (κ2) is 6.41. The van der Waals surface area contributed by atoms with Crippen molar-refractivity contribution in [1.29, 1.82) is 0 Å². The van der Waals surface area contributed by atoms with Crippen LogP contribution in [0.5, 0.6) is 0 Å². The van der Waals surface area contributed by atoms with Gasteiger partial charge in [-0.25, -0.2) is 18.4 Å². The fourth-order valence-corrected chi connectivity index (χ4v) is 2.10. The van der Waals surface area contributed by atoms with Crippen molar-refractivity contribution in [3.05, 3.63) is 48.4 Å². The van der Waals surface area contributed by atoms with E-state index < -0.39 is 28.5 Å². The van der Waals surface area contributed by atoms with Crippen LogP contribution in [0.2, 0.25) is 0 Å². The van der Waals surface area contributed by atoms with Crippen LogP contribution in [0.4, 0.5) is 5.69 Å². The highest BCUT2D eigenvalue weighted by molar-refractivity contribution is 7.89. The average Bonchev–Trinajstić information content (AvgIpc) is 2.98. The first-order chi connectivity index (χ1) is 10.4. The quantitative estimate of drug-likeness (QED) is 0.780. The molecule has 0 radical (unpaired) electrons. The van der Waals surface area contributed by atoms with E-state index >= 15 is 0 Å². The topological polar surface area (TPSA) is 129 Å². The number of ether oxygens (including phenoxy) is 1. The Morgan fingerprint density at radius 1 is 1.23 bits per heavy atom. The Morgan fingerprint density at radius 2 is 2.00 bits per heavy atom. The molecule has 22 heavy (non-hydrogen) atoms. The molecule has 3 N–H and O–H groups in total. The van der Waals surface area contributed by atoms with Gasteiger partial charge >= 0.3 is 5.97 Å². The number of carbonyl (C=O) groups is 2. The summed E-state index contributed by atoms with van der Waals surface area (Å²) in [5, 5.41) is 7.38. The normalized spacial score (nSPS) is 11.0. The van der Waals surface area contributed by atoms with Crippen molar-refractivity contribution in [3.63, 3.8) is 0 Å². The summed E-state index contributed by atoms with van der Waals surface area (Å²) in [5.41, 5.74) is 0.213. The monoisotopic (exact) mass is 324 g/mol. The number of primary sulfonamides is 1. The second-order valence-corrected chi connectivity index (χ2v) is 5.74. The van der Waals surface area contributed by atoms with Crippen molar-refractivity contribution in [2.75, 3.05) is 11.9 Å². The zero-order valence-electron chi connectivity index (χ0n) is 11.2. The van der Waals surface area contributed by atoms with Crippen LogP contribution in [0.3, 0.4) is 0 Å². The van der Waals surface area contributed by atoms with E-state index in [-0.39, 0.29) is 16.3 Å². The molecule has 0 unspecified atom stereocenters. The van der Waals surface area contributed by atoms with Crippen LogP contribution in [0, 0.1) is 0 Å². The Kier molecular flexibility index (Phi) is 4.59. The summed E-state index contributed by atoms with van der Waals surface area (Å²) in [5.74, 6) is -1.44. The number of nitrogens with one attached hydrogen (secondary N) is 1. The lowest BCUT2D eigenvalue weighted by Gasteiger charge is -2.07. The van der Waals surface area contributed by atoms with Crippen molar-refractivity contribution < 1.29 is 27.2 Å². The number of sulfonamides is 1. The number of carbonyl (C=O) groups excluding carboxylic acids is 2. The number of nitrogens with two attached hydrogens (primary N) is 1. The molecule has 116 valence electrons. The molecule has 1 amide bonds. The SMILES string of the molecule is NS(=O)(=O)c1cccc(NC(=O)COC(=O)c2ccco2)c1. The molecule has 0 fully saturated rings. The smallest absolute Gasteiger partial charge is 0.374 e. The van der Waals surface area contributed by atoms with Crippen molar-refractivity contribution in [1.82, 2.24) is 0 Å². The Morgan fingerprint density at radius 3 is 2.64 bits per heavy atom. The molecular formula is C13H12N2O6S. The van der Waals surface area contributed by atoms with Gasteiger partial charge in [0.25, 0.3) is 5.91 Å². The van der Waals surface area contributed by atoms with Gasteiger partial charge in [0.1, 0.15) is 0 Å². The molecule has 0 atom stereocenters. The van der Waals surface area contributed by atoms with Crippen molar-refractivity contribution in [2.45, 2.75) is 4.90 Å². The van der Waals surface area contributed by atoms with Crippen LogP contribution >= 0.6 is 0 Å². The number of rotatable bonds is 5. The van der Waals surface area contributed by atoms with Crippen molar-refractivity contribution >= 4 is 27.6 Å². The molecule has 1 aromatic carbocycles. The molecule has 1 heterocycles. The first-order valence-electron chi connectivity index (χ1n) is 5.99. The van der Waals surface area contributed by atoms with Crippen molar-refractivity contribution in [3.8, 4) is 0 Å². The summed E-state index contributed by atoms with van der Waals surface area (Å²) in [7, 11) is -3.87. The molecule has 0 spiro atoms. The molecule has 1 aromatic heterocycles. The van der Waals surface area contributed by atoms with E-state index in [0.717, 1.165) is 0 Å². The molecular weight excluding hydrogens is 312 g/mol. The van der Waals surface area contributed by atoms with Crippen LogP contribution in [0.15, 0.2) is 52.0 Å². The van der Waals surface area contributed by atoms with Gasteiger partial charge in [0, 0.05) is 5.69 Å². The van der Waals surface area contributed by atoms with Crippen molar-refractivity contribution in [2.24, 2.45) is 5.14 Å². The van der Waals surface area contributed by atoms with E-state index in [0.29, 0.717) is 0 Å². The summed E-state index contributed by atoms with van der Waals surface area (Å²) in [6.45, 7) is -0.543. The molecule has 2 aromatic rings. The van der Waals surface area contributed by atoms with Gasteiger partial charge < -0.3 is 14.5 Å². The maximum Gasteiger partial charge on any atom is 0.374 e. The van der Waals surface area contributed by atoms with Crippen LogP contribution in [0.25, 0.3) is 0 Å². The van der Waals surface area contributed by atoms with Gasteiger partial charge in [0.05, 0.1) is 11.2 Å². The molecule has 2 rings (SSSR count). The lowest BCUT2D eigenvalue weighted by molar-refractivity contribution is -0.119. The van der Waals surface area contributed by atoms with Gasteiger partial charge in [0.15, 0.2) is 6.61 Å². The minimum absolute atomic E-state index is 0.0241. The number of hydrogen-bond donors (Lipinski definition) is 2. The highest BCUT2D eigenvalue weighted by Crippen LogP contribution is 2.14. The van der Waals surface area contributed by atoms with Gasteiger partial charge in [-0.3, -0.25) is 4.79 Å². The number of anilines is 1. The number of hydrogen-bond acceptors (Lipinski definition) is 6. The van der Waals surface area contributed by atoms with E-state index in [9.17, 15) is 18.0 Å². The summed E-state index contributed by atoms with van der Waals surface area (Å²) in [6.07, 6.45) is 1.30. The lowest BCUT2D eigenvalue weighted by atomic mass is 10.3. The fraction of sp³-hybridized carbons (Fsp3) is 0.0769. The van der Waals surface area contributed by atoms with E-state index in [4.69, 9.17) is 14.3 Å². The highest BCUT2D eigenvalue weighted by atomic mass is 32.2. The third-order valence-electron chi connectivity index (χ3n) is 2.50. The maximum atomic E-state index is 11.6. The molecule has 0 bridgehead atoms. The van der Waals surface area contributed by atoms with E-state index in [1.165, 1.54) is 42.7 Å². The zero-order valence-corrected chi connectivity index (χ0v) is 12.0. The van der Waals surface area contributed by atoms with E-state index in [1.807, 2.05) is 0 Å². The highest BCUT2D eigenvalue weighted by Gasteiger charge is 2.13. The third kappa shape index (κ3) is 4.17. The Bertz CT molecular complexity index is 783. The van der Waals surface area contributed by atoms with Gasteiger partial charge in [-0.15, -0.1) is 0 Å². The average molecular weight is 324 g/mol. The van der Waals surface area contributed by atoms with Crippen LogP contribution in [0.1, 0.15) is 10.6 Å². The number of esters is 1. The summed E-state index contributed by atoms with van der Waals surface area (Å²) in [6, 6.07) is 8.29. The number of benzene rings is 1. The first kappa shape index (κ1) is 15.7. The van der Waals surface area contributed by atoms with Gasteiger partial charge in [-0.1, -0.05) is 6.07 Å². The molecule has 0 aliphatic heterocycles. The molecule has 0 saturated heterocycles. The molecule has 0 aliphatic rings. The minimum Gasteiger partial charge on any atom is -0.457 e. The molecule has 8 nitrogen and oxygen atoms in total. The first-order valence-corrected chi connectivity index (χ1v) is 7.54. The van der Waals surface area contributed by atoms with E-state index in [2.05, 4.69) is 5.32 Å². The Balaban J connectivity index is 1.94. The largest absolute Gasteiger partial charge is 0.457 e. The lowest BCUT2D eigenvalue weighted by Crippen LogP contribution is -2.21. The third-order valence-corrected chi connectivity index (χ3v) is 3.41. The molecule has 9 heteroatoms. The number of amides is 1. The minimum atomic E-state index is -3.87. The molecule has 0 saturated carbocycles. The fourth-order valence-electron chi connectivity index (χ4n) is 1.54. The van der Waals surface area contributed by atoms with Gasteiger partial charge in [-0.2, -0.15) is 0 Å². The summed E-state index contributed by atoms with van der Waals surface area (Å²) in [4.78, 5) is 23.0. The van der Waals surface area contributed by atoms with Gasteiger partial charge in [0.2, 0.25) is 15.8 Å². The Hall–Kier alpha value is -2.65. The summed E-state index contributed by atoms with van der Waals surface area (Å²) < 4.78 is 31.9. The van der Waals surface area contributed by atoms with Crippen LogP contribution < -0.4 is 10.5 Å². The zero-order chi connectivity index (χ0) is 16.2. The summed E-state index contributed by atoms with van der Waals surface area (Å²) >= 11 is 0. The number of furan rings is 1. The predicted octanol–water partition coefficient (Wildman–Crippen LogP) is 0.722. The van der Waals surface area contributed by atoms with E-state index in [1.54, 1.807) is 0 Å². The predicted molar refractivity (Wildman–Crippen MR) is 75.4 cm³/mol. The maximum absolute atomic E-state index is 11.6. The Labute approximate surface area is 125 Å². The van der Waals surface area contributed by atoms with Crippen LogP contribution in [-0.4, -0.2) is 26.9 Å². The van der Waals surface area contributed by atoms with Gasteiger partial charge in [-0.05, 0) is 30.3 Å². The second-order valence-electron chi connectivity index (χ2n) is 4.17. The molecule has 0 aliphatic carbocycles. The standard InChI is InChI=1S/C13H12N2O6S/c14-22(18,19)10-4-1-3-9(7-10)15-12(16)8-21-13(17)11-5-2-6-20-11/h1-7H,8H2,(H,15,16)(H2,14,18,19).